The number of carbonyl (C=O) groups is 2. The first-order valence-corrected chi connectivity index (χ1v) is 8.91. The van der Waals surface area contributed by atoms with E-state index in [0.717, 1.165) is 15.9 Å². The van der Waals surface area contributed by atoms with E-state index in [1.165, 1.54) is 11.3 Å². The molecule has 0 aromatic carbocycles. The van der Waals surface area contributed by atoms with Crippen LogP contribution in [0.3, 0.4) is 0 Å². The van der Waals surface area contributed by atoms with Gasteiger partial charge in [-0.25, -0.2) is 4.79 Å². The van der Waals surface area contributed by atoms with Crippen LogP contribution in [0.4, 0.5) is 0 Å². The Morgan fingerprint density at radius 3 is 2.29 bits per heavy atom. The van der Waals surface area contributed by atoms with Crippen LogP contribution in [0.15, 0.2) is 6.07 Å². The van der Waals surface area contributed by atoms with Crippen molar-refractivity contribution in [3.05, 3.63) is 16.6 Å². The number of hydrogen-bond donors (Lipinski definition) is 0. The van der Waals surface area contributed by atoms with Gasteiger partial charge in [-0.1, -0.05) is 0 Å². The Morgan fingerprint density at radius 1 is 1.21 bits per heavy atom. The zero-order valence-corrected chi connectivity index (χ0v) is 16.1. The highest BCUT2D eigenvalue weighted by atomic mass is 32.1. The molecule has 2 heterocycles. The molecule has 0 aliphatic carbocycles. The Balaban J connectivity index is 2.15. The second-order valence-electron chi connectivity index (χ2n) is 6.52. The molecule has 24 heavy (non-hydrogen) atoms. The Hall–Kier alpha value is -1.89. The molecule has 0 aliphatic heterocycles. The molecule has 0 bridgehead atoms. The SMILES string of the molecule is Cc1nn(C)c2sc(C(=O)OC(C)C(=O)N(C(C)C)C(C)C)cc12. The summed E-state index contributed by atoms with van der Waals surface area (Å²) in [5, 5.41) is 5.26. The van der Waals surface area contributed by atoms with Crippen molar-refractivity contribution >= 4 is 33.4 Å². The van der Waals surface area contributed by atoms with Crippen molar-refractivity contribution in [1.29, 1.82) is 0 Å². The van der Waals surface area contributed by atoms with Crippen LogP contribution in [0.5, 0.6) is 0 Å². The molecule has 6 nitrogen and oxygen atoms in total. The van der Waals surface area contributed by atoms with Crippen molar-refractivity contribution in [2.75, 3.05) is 0 Å². The molecule has 0 saturated carbocycles. The predicted molar refractivity (Wildman–Crippen MR) is 95.3 cm³/mol. The summed E-state index contributed by atoms with van der Waals surface area (Å²) in [6, 6.07) is 1.89. The van der Waals surface area contributed by atoms with E-state index < -0.39 is 12.1 Å². The lowest BCUT2D eigenvalue weighted by atomic mass is 10.2. The quantitative estimate of drug-likeness (QED) is 0.776. The number of thiophene rings is 1. The third-order valence-electron chi connectivity index (χ3n) is 3.90. The Morgan fingerprint density at radius 2 is 1.79 bits per heavy atom. The molecular weight excluding hydrogens is 326 g/mol. The second kappa shape index (κ2) is 6.93. The lowest BCUT2D eigenvalue weighted by Crippen LogP contribution is -2.47. The summed E-state index contributed by atoms with van der Waals surface area (Å²) in [6.45, 7) is 11.3. The standard InChI is InChI=1S/C17H25N3O3S/c1-9(2)20(10(3)4)15(21)12(6)23-17(22)14-8-13-11(5)18-19(7)16(13)24-14/h8-10,12H,1-7H3. The van der Waals surface area contributed by atoms with Crippen LogP contribution >= 0.6 is 11.3 Å². The molecule has 0 fully saturated rings. The van der Waals surface area contributed by atoms with Crippen LogP contribution in [-0.2, 0) is 16.6 Å². The van der Waals surface area contributed by atoms with Crippen LogP contribution in [0.1, 0.15) is 50.0 Å². The number of esters is 1. The normalized spacial score (nSPS) is 12.9. The maximum absolute atomic E-state index is 12.6. The minimum absolute atomic E-state index is 0.0525. The summed E-state index contributed by atoms with van der Waals surface area (Å²) < 4.78 is 7.16. The summed E-state index contributed by atoms with van der Waals surface area (Å²) in [6.07, 6.45) is -0.813. The van der Waals surface area contributed by atoms with Gasteiger partial charge < -0.3 is 9.64 Å². The minimum atomic E-state index is -0.813. The molecule has 1 unspecified atom stereocenters. The van der Waals surface area contributed by atoms with Crippen molar-refractivity contribution in [2.24, 2.45) is 7.05 Å². The third kappa shape index (κ3) is 3.45. The molecule has 2 aromatic heterocycles. The van der Waals surface area contributed by atoms with Crippen LogP contribution in [0.2, 0.25) is 0 Å². The average Bonchev–Trinajstić information content (AvgIpc) is 3.00. The lowest BCUT2D eigenvalue weighted by Gasteiger charge is -2.32. The number of aromatic nitrogens is 2. The van der Waals surface area contributed by atoms with E-state index >= 15 is 0 Å². The Kier molecular flexibility index (Phi) is 5.32. The topological polar surface area (TPSA) is 64.4 Å². The number of ether oxygens (including phenoxy) is 1. The molecule has 132 valence electrons. The maximum Gasteiger partial charge on any atom is 0.349 e. The van der Waals surface area contributed by atoms with E-state index in [-0.39, 0.29) is 18.0 Å². The number of carbonyl (C=O) groups excluding carboxylic acids is 2. The van der Waals surface area contributed by atoms with E-state index in [1.807, 2.05) is 41.7 Å². The first-order chi connectivity index (χ1) is 11.1. The number of fused-ring (bicyclic) bond motifs is 1. The van der Waals surface area contributed by atoms with Crippen molar-refractivity contribution < 1.29 is 14.3 Å². The van der Waals surface area contributed by atoms with Crippen LogP contribution in [-0.4, -0.2) is 44.7 Å². The second-order valence-corrected chi connectivity index (χ2v) is 7.55. The van der Waals surface area contributed by atoms with Crippen molar-refractivity contribution in [3.8, 4) is 0 Å². The fraction of sp³-hybridized carbons (Fsp3) is 0.588. The van der Waals surface area contributed by atoms with Gasteiger partial charge in [0.1, 0.15) is 9.71 Å². The number of nitrogens with zero attached hydrogens (tertiary/aromatic N) is 3. The highest BCUT2D eigenvalue weighted by Crippen LogP contribution is 2.28. The zero-order valence-electron chi connectivity index (χ0n) is 15.3. The summed E-state index contributed by atoms with van der Waals surface area (Å²) in [5.74, 6) is -0.642. The predicted octanol–water partition coefficient (Wildman–Crippen LogP) is 3.13. The summed E-state index contributed by atoms with van der Waals surface area (Å²) in [5.41, 5.74) is 0.873. The number of aryl methyl sites for hydroxylation is 2. The smallest absolute Gasteiger partial charge is 0.349 e. The Bertz CT molecular complexity index is 718. The molecule has 1 atom stereocenters. The molecule has 0 aliphatic rings. The summed E-state index contributed by atoms with van der Waals surface area (Å²) >= 11 is 1.33. The van der Waals surface area contributed by atoms with E-state index in [9.17, 15) is 9.59 Å². The number of rotatable bonds is 5. The Labute approximate surface area is 146 Å². The largest absolute Gasteiger partial charge is 0.448 e. The monoisotopic (exact) mass is 351 g/mol. The zero-order chi connectivity index (χ0) is 18.2. The summed E-state index contributed by atoms with van der Waals surface area (Å²) in [7, 11) is 1.84. The number of amides is 1. The highest BCUT2D eigenvalue weighted by molar-refractivity contribution is 7.20. The molecule has 2 aromatic rings. The average molecular weight is 351 g/mol. The van der Waals surface area contributed by atoms with Crippen LogP contribution in [0.25, 0.3) is 10.2 Å². The lowest BCUT2D eigenvalue weighted by molar-refractivity contribution is -0.143. The van der Waals surface area contributed by atoms with Gasteiger partial charge in [0.2, 0.25) is 0 Å². The molecule has 0 spiro atoms. The van der Waals surface area contributed by atoms with Crippen molar-refractivity contribution in [2.45, 2.75) is 59.7 Å². The molecule has 0 N–H and O–H groups in total. The summed E-state index contributed by atoms with van der Waals surface area (Å²) in [4.78, 5) is 28.1. The van der Waals surface area contributed by atoms with Gasteiger partial charge in [-0.05, 0) is 47.6 Å². The molecule has 7 heteroatoms. The van der Waals surface area contributed by atoms with Gasteiger partial charge in [-0.15, -0.1) is 11.3 Å². The van der Waals surface area contributed by atoms with Crippen LogP contribution in [0, 0.1) is 6.92 Å². The van der Waals surface area contributed by atoms with E-state index in [1.54, 1.807) is 22.6 Å². The fourth-order valence-electron chi connectivity index (χ4n) is 2.89. The maximum atomic E-state index is 12.6. The molecule has 2 rings (SSSR count). The molecule has 1 amide bonds. The van der Waals surface area contributed by atoms with E-state index in [0.29, 0.717) is 4.88 Å². The van der Waals surface area contributed by atoms with Gasteiger partial charge in [-0.3, -0.25) is 9.48 Å². The molecule has 0 saturated heterocycles. The van der Waals surface area contributed by atoms with E-state index in [4.69, 9.17) is 4.74 Å². The van der Waals surface area contributed by atoms with Gasteiger partial charge >= 0.3 is 5.97 Å². The number of hydrogen-bond acceptors (Lipinski definition) is 5. The fourth-order valence-corrected chi connectivity index (χ4v) is 3.90. The first-order valence-electron chi connectivity index (χ1n) is 8.09. The molecule has 0 radical (unpaired) electrons. The first kappa shape index (κ1) is 18.4. The van der Waals surface area contributed by atoms with Gasteiger partial charge in [0, 0.05) is 24.5 Å². The van der Waals surface area contributed by atoms with Gasteiger partial charge in [0.05, 0.1) is 5.69 Å². The van der Waals surface area contributed by atoms with E-state index in [2.05, 4.69) is 5.10 Å². The van der Waals surface area contributed by atoms with Crippen LogP contribution < -0.4 is 0 Å². The molecular formula is C17H25N3O3S. The minimum Gasteiger partial charge on any atom is -0.448 e. The van der Waals surface area contributed by atoms with Gasteiger partial charge in [0.15, 0.2) is 6.10 Å². The highest BCUT2D eigenvalue weighted by Gasteiger charge is 2.28. The van der Waals surface area contributed by atoms with Gasteiger partial charge in [0.25, 0.3) is 5.91 Å². The van der Waals surface area contributed by atoms with Gasteiger partial charge in [-0.2, -0.15) is 5.10 Å². The van der Waals surface area contributed by atoms with Crippen molar-refractivity contribution in [3.63, 3.8) is 0 Å². The third-order valence-corrected chi connectivity index (χ3v) is 5.08. The van der Waals surface area contributed by atoms with Crippen molar-refractivity contribution in [1.82, 2.24) is 14.7 Å².